The van der Waals surface area contributed by atoms with Crippen LogP contribution in [0.2, 0.25) is 0 Å². The van der Waals surface area contributed by atoms with Crippen molar-refractivity contribution >= 4 is 25.5 Å². The number of aromatic nitrogens is 2. The molecule has 0 spiro atoms. The predicted molar refractivity (Wildman–Crippen MR) is 119 cm³/mol. The number of ether oxygens (including phenoxy) is 3. The zero-order valence-electron chi connectivity index (χ0n) is 19.7. The zero-order valence-corrected chi connectivity index (χ0v) is 20.6. The van der Waals surface area contributed by atoms with Crippen LogP contribution < -0.4 is 16.5 Å². The number of anilines is 1. The van der Waals surface area contributed by atoms with Crippen molar-refractivity contribution in [2.24, 2.45) is 5.92 Å². The molecule has 0 saturated carbocycles. The standard InChI is InChI=1S/C19H31N4O11P/c1-10(2)7-11(18(27)31-4)22-35(29,33-9-14(24)30-3)32-8-12-15(25)16(26)17(34-12)23-6-5-13(20)21-19(23)28/h5-6,10-12,15-17,25-26H,7-9H2,1-4H3,(H,22,29)(H2,20,21,28)/t11-,12+,15+,16-,17+,35?/m0/s1. The molecule has 1 aliphatic heterocycles. The van der Waals surface area contributed by atoms with Gasteiger partial charge in [-0.2, -0.15) is 4.98 Å². The summed E-state index contributed by atoms with van der Waals surface area (Å²) in [6.45, 7) is 2.24. The SMILES string of the molecule is COC(=O)COP(=O)(N[C@@H](CC(C)C)C(=O)OC)OC[C@H]1O[C@@H](n2ccc(N)nc2=O)[C@@H](O)[C@@H]1O. The van der Waals surface area contributed by atoms with E-state index >= 15 is 0 Å². The number of hydrogen-bond donors (Lipinski definition) is 4. The van der Waals surface area contributed by atoms with Crippen LogP contribution in [0.1, 0.15) is 26.5 Å². The van der Waals surface area contributed by atoms with Crippen molar-refractivity contribution < 1.29 is 47.6 Å². The summed E-state index contributed by atoms with van der Waals surface area (Å²) in [5, 5.41) is 23.2. The van der Waals surface area contributed by atoms with Crippen LogP contribution >= 0.6 is 7.75 Å². The van der Waals surface area contributed by atoms with Gasteiger partial charge in [0.25, 0.3) is 0 Å². The van der Waals surface area contributed by atoms with Crippen molar-refractivity contribution in [3.8, 4) is 0 Å². The molecule has 0 bridgehead atoms. The molecule has 1 aromatic heterocycles. The summed E-state index contributed by atoms with van der Waals surface area (Å²) < 4.78 is 39.5. The van der Waals surface area contributed by atoms with Gasteiger partial charge in [0.05, 0.1) is 20.8 Å². The Morgan fingerprint density at radius 1 is 1.26 bits per heavy atom. The van der Waals surface area contributed by atoms with Crippen molar-refractivity contribution in [1.82, 2.24) is 14.6 Å². The molecule has 1 fully saturated rings. The molecule has 5 N–H and O–H groups in total. The first-order chi connectivity index (χ1) is 16.4. The Balaban J connectivity index is 2.19. The number of carbonyl (C=O) groups excluding carboxylic acids is 2. The monoisotopic (exact) mass is 522 g/mol. The van der Waals surface area contributed by atoms with E-state index in [1.165, 1.54) is 12.3 Å². The molecule has 1 aliphatic rings. The molecule has 198 valence electrons. The molecule has 1 aromatic rings. The van der Waals surface area contributed by atoms with Crippen molar-refractivity contribution in [1.29, 1.82) is 0 Å². The Morgan fingerprint density at radius 3 is 2.51 bits per heavy atom. The number of nitrogens with zero attached hydrogens (tertiary/aromatic N) is 2. The molecule has 0 aromatic carbocycles. The average molecular weight is 522 g/mol. The lowest BCUT2D eigenvalue weighted by atomic mass is 10.1. The van der Waals surface area contributed by atoms with Crippen LogP contribution in [-0.2, 0) is 37.4 Å². The van der Waals surface area contributed by atoms with E-state index in [9.17, 15) is 29.2 Å². The molecule has 2 rings (SSSR count). The van der Waals surface area contributed by atoms with Gasteiger partial charge < -0.3 is 30.2 Å². The van der Waals surface area contributed by atoms with E-state index in [-0.39, 0.29) is 18.2 Å². The van der Waals surface area contributed by atoms with E-state index in [4.69, 9.17) is 24.3 Å². The van der Waals surface area contributed by atoms with Crippen LogP contribution in [-0.4, -0.2) is 83.5 Å². The summed E-state index contributed by atoms with van der Waals surface area (Å²) in [5.41, 5.74) is 4.63. The molecular formula is C19H31N4O11P. The van der Waals surface area contributed by atoms with Crippen molar-refractivity contribution in [3.63, 3.8) is 0 Å². The van der Waals surface area contributed by atoms with Crippen LogP contribution in [0.4, 0.5) is 5.82 Å². The lowest BCUT2D eigenvalue weighted by molar-refractivity contribution is -0.143. The highest BCUT2D eigenvalue weighted by Crippen LogP contribution is 2.46. The molecule has 0 radical (unpaired) electrons. The highest BCUT2D eigenvalue weighted by Gasteiger charge is 2.46. The Labute approximate surface area is 201 Å². The second-order valence-corrected chi connectivity index (χ2v) is 9.84. The maximum Gasteiger partial charge on any atom is 0.406 e. The average Bonchev–Trinajstić information content (AvgIpc) is 3.08. The lowest BCUT2D eigenvalue weighted by Crippen LogP contribution is -2.39. The Bertz CT molecular complexity index is 988. The Hall–Kier alpha value is -2.39. The fraction of sp³-hybridized carbons (Fsp3) is 0.684. The molecule has 0 amide bonds. The molecule has 35 heavy (non-hydrogen) atoms. The number of nitrogens with one attached hydrogen (secondary N) is 1. The summed E-state index contributed by atoms with van der Waals surface area (Å²) in [6, 6.07) is 0.185. The quantitative estimate of drug-likeness (QED) is 0.190. The fourth-order valence-electron chi connectivity index (χ4n) is 3.20. The zero-order chi connectivity index (χ0) is 26.3. The number of nitrogen functional groups attached to an aromatic ring is 1. The van der Waals surface area contributed by atoms with E-state index in [2.05, 4.69) is 14.8 Å². The van der Waals surface area contributed by atoms with Gasteiger partial charge in [-0.15, -0.1) is 0 Å². The van der Waals surface area contributed by atoms with Gasteiger partial charge in [-0.3, -0.25) is 18.4 Å². The van der Waals surface area contributed by atoms with Crippen LogP contribution in [0.3, 0.4) is 0 Å². The number of methoxy groups -OCH3 is 2. The van der Waals surface area contributed by atoms with Crippen molar-refractivity contribution in [2.45, 2.75) is 50.8 Å². The minimum absolute atomic E-state index is 0.0246. The number of carbonyl (C=O) groups is 2. The van der Waals surface area contributed by atoms with Gasteiger partial charge in [-0.05, 0) is 18.4 Å². The van der Waals surface area contributed by atoms with Gasteiger partial charge in [0.2, 0.25) is 0 Å². The second kappa shape index (κ2) is 12.5. The van der Waals surface area contributed by atoms with Crippen molar-refractivity contribution in [3.05, 3.63) is 22.7 Å². The van der Waals surface area contributed by atoms with E-state index in [1.54, 1.807) is 0 Å². The van der Waals surface area contributed by atoms with Crippen molar-refractivity contribution in [2.75, 3.05) is 33.2 Å². The van der Waals surface area contributed by atoms with E-state index in [0.717, 1.165) is 18.8 Å². The molecular weight excluding hydrogens is 491 g/mol. The Kier molecular flexibility index (Phi) is 10.3. The van der Waals surface area contributed by atoms with Gasteiger partial charge in [-0.25, -0.2) is 19.2 Å². The van der Waals surface area contributed by atoms with Gasteiger partial charge in [0.15, 0.2) is 12.8 Å². The van der Waals surface area contributed by atoms with Crippen LogP contribution in [0.15, 0.2) is 17.1 Å². The molecule has 15 nitrogen and oxygen atoms in total. The number of nitrogens with two attached hydrogens (primary N) is 1. The maximum atomic E-state index is 13.4. The normalized spacial score (nSPS) is 24.7. The fourth-order valence-corrected chi connectivity index (χ4v) is 4.64. The van der Waals surface area contributed by atoms with E-state index < -0.39 is 69.2 Å². The number of rotatable bonds is 12. The van der Waals surface area contributed by atoms with Crippen LogP contribution in [0, 0.1) is 5.92 Å². The number of aliphatic hydroxyl groups excluding tert-OH is 2. The molecule has 1 saturated heterocycles. The van der Waals surface area contributed by atoms with E-state index in [0.29, 0.717) is 0 Å². The Morgan fingerprint density at radius 2 is 1.94 bits per heavy atom. The highest BCUT2D eigenvalue weighted by atomic mass is 31.2. The molecule has 6 atom stereocenters. The third-order valence-corrected chi connectivity index (χ3v) is 6.54. The molecule has 2 heterocycles. The van der Waals surface area contributed by atoms with Gasteiger partial charge >= 0.3 is 25.4 Å². The second-order valence-electron chi connectivity index (χ2n) is 8.07. The third-order valence-electron chi connectivity index (χ3n) is 4.96. The summed E-state index contributed by atoms with van der Waals surface area (Å²) in [4.78, 5) is 39.3. The molecule has 1 unspecified atom stereocenters. The molecule has 16 heteroatoms. The first kappa shape index (κ1) is 28.8. The summed E-state index contributed by atoms with van der Waals surface area (Å²) in [6.07, 6.45) is -4.33. The van der Waals surface area contributed by atoms with Crippen LogP contribution in [0.25, 0.3) is 0 Å². The smallest absolute Gasteiger partial charge is 0.406 e. The number of esters is 2. The highest BCUT2D eigenvalue weighted by molar-refractivity contribution is 7.51. The van der Waals surface area contributed by atoms with Gasteiger partial charge in [-0.1, -0.05) is 13.8 Å². The lowest BCUT2D eigenvalue weighted by Gasteiger charge is -2.26. The first-order valence-electron chi connectivity index (χ1n) is 10.6. The topological polar surface area (TPSA) is 211 Å². The summed E-state index contributed by atoms with van der Waals surface area (Å²) >= 11 is 0. The minimum Gasteiger partial charge on any atom is -0.468 e. The summed E-state index contributed by atoms with van der Waals surface area (Å²) in [7, 11) is -2.15. The summed E-state index contributed by atoms with van der Waals surface area (Å²) in [5.74, 6) is -1.68. The maximum absolute atomic E-state index is 13.4. The van der Waals surface area contributed by atoms with Crippen LogP contribution in [0.5, 0.6) is 0 Å². The van der Waals surface area contributed by atoms with Gasteiger partial charge in [0, 0.05) is 6.20 Å². The van der Waals surface area contributed by atoms with Gasteiger partial charge in [0.1, 0.15) is 30.2 Å². The predicted octanol–water partition coefficient (Wildman–Crippen LogP) is -1.06. The van der Waals surface area contributed by atoms with E-state index in [1.807, 2.05) is 13.8 Å². The third kappa shape index (κ3) is 7.80. The number of aliphatic hydroxyl groups is 2. The number of hydrogen-bond acceptors (Lipinski definition) is 13. The largest absolute Gasteiger partial charge is 0.468 e. The first-order valence-corrected chi connectivity index (χ1v) is 12.1. The molecule has 0 aliphatic carbocycles. The minimum atomic E-state index is -4.39.